The standard InChI is InChI=1S/C14H13Cl2FN2/c1-9(19-8-10-4-2-3-7-18-10)13-11(15)5-6-12(17)14(13)16/h2-7,9,19H,8H2,1H3. The number of rotatable bonds is 4. The molecule has 1 aromatic carbocycles. The van der Waals surface area contributed by atoms with Crippen LogP contribution in [0.3, 0.4) is 0 Å². The van der Waals surface area contributed by atoms with E-state index in [9.17, 15) is 4.39 Å². The largest absolute Gasteiger partial charge is 0.304 e. The molecule has 1 aromatic heterocycles. The summed E-state index contributed by atoms with van der Waals surface area (Å²) in [6.07, 6.45) is 1.73. The van der Waals surface area contributed by atoms with E-state index in [2.05, 4.69) is 10.3 Å². The lowest BCUT2D eigenvalue weighted by Crippen LogP contribution is -2.19. The zero-order chi connectivity index (χ0) is 13.8. The molecule has 5 heteroatoms. The van der Waals surface area contributed by atoms with Crippen LogP contribution in [0.4, 0.5) is 4.39 Å². The monoisotopic (exact) mass is 298 g/mol. The number of nitrogens with one attached hydrogen (secondary N) is 1. The highest BCUT2D eigenvalue weighted by Crippen LogP contribution is 2.32. The molecule has 2 nitrogen and oxygen atoms in total. The van der Waals surface area contributed by atoms with Crippen molar-refractivity contribution in [2.24, 2.45) is 0 Å². The van der Waals surface area contributed by atoms with Crippen molar-refractivity contribution in [3.8, 4) is 0 Å². The first-order valence-electron chi connectivity index (χ1n) is 5.86. The Hall–Kier alpha value is -1.16. The minimum absolute atomic E-state index is 0.0634. The van der Waals surface area contributed by atoms with Crippen LogP contribution < -0.4 is 5.32 Å². The SMILES string of the molecule is CC(NCc1ccccn1)c1c(Cl)ccc(F)c1Cl. The number of benzene rings is 1. The Morgan fingerprint density at radius 1 is 1.26 bits per heavy atom. The van der Waals surface area contributed by atoms with E-state index in [0.717, 1.165) is 5.69 Å². The fourth-order valence-electron chi connectivity index (χ4n) is 1.80. The molecule has 0 fully saturated rings. The molecular weight excluding hydrogens is 286 g/mol. The molecule has 0 aliphatic heterocycles. The summed E-state index contributed by atoms with van der Waals surface area (Å²) in [5, 5.41) is 3.74. The first kappa shape index (κ1) is 14.3. The molecule has 1 unspecified atom stereocenters. The van der Waals surface area contributed by atoms with Gasteiger partial charge < -0.3 is 5.32 Å². The van der Waals surface area contributed by atoms with Crippen LogP contribution >= 0.6 is 23.2 Å². The Labute approximate surface area is 121 Å². The number of hydrogen-bond donors (Lipinski definition) is 1. The molecule has 2 rings (SSSR count). The molecule has 0 radical (unpaired) electrons. The average Bonchev–Trinajstić information content (AvgIpc) is 2.42. The fraction of sp³-hybridized carbons (Fsp3) is 0.214. The van der Waals surface area contributed by atoms with Gasteiger partial charge in [-0.25, -0.2) is 4.39 Å². The van der Waals surface area contributed by atoms with Gasteiger partial charge in [0.2, 0.25) is 0 Å². The van der Waals surface area contributed by atoms with E-state index in [1.54, 1.807) is 6.20 Å². The van der Waals surface area contributed by atoms with Gasteiger partial charge in [0, 0.05) is 29.4 Å². The van der Waals surface area contributed by atoms with Gasteiger partial charge in [0.15, 0.2) is 0 Å². The van der Waals surface area contributed by atoms with Crippen LogP contribution in [0.25, 0.3) is 0 Å². The summed E-state index contributed by atoms with van der Waals surface area (Å²) in [6, 6.07) is 8.28. The first-order valence-corrected chi connectivity index (χ1v) is 6.62. The Bertz CT molecular complexity index is 561. The lowest BCUT2D eigenvalue weighted by Gasteiger charge is -2.17. The van der Waals surface area contributed by atoms with E-state index >= 15 is 0 Å². The Morgan fingerprint density at radius 2 is 2.05 bits per heavy atom. The van der Waals surface area contributed by atoms with Crippen molar-refractivity contribution >= 4 is 23.2 Å². The Kier molecular flexibility index (Phi) is 4.75. The molecule has 0 spiro atoms. The second kappa shape index (κ2) is 6.33. The van der Waals surface area contributed by atoms with Crippen LogP contribution in [0.15, 0.2) is 36.5 Å². The molecule has 19 heavy (non-hydrogen) atoms. The predicted molar refractivity (Wildman–Crippen MR) is 75.9 cm³/mol. The zero-order valence-corrected chi connectivity index (χ0v) is 11.8. The van der Waals surface area contributed by atoms with Crippen molar-refractivity contribution < 1.29 is 4.39 Å². The predicted octanol–water partition coefficient (Wildman–Crippen LogP) is 4.38. The number of hydrogen-bond acceptors (Lipinski definition) is 2. The van der Waals surface area contributed by atoms with Crippen molar-refractivity contribution in [3.05, 3.63) is 63.6 Å². The fourth-order valence-corrected chi connectivity index (χ4v) is 2.50. The highest BCUT2D eigenvalue weighted by molar-refractivity contribution is 6.36. The number of halogens is 3. The summed E-state index contributed by atoms with van der Waals surface area (Å²) in [5.41, 5.74) is 1.47. The van der Waals surface area contributed by atoms with Gasteiger partial charge in [-0.1, -0.05) is 29.3 Å². The Balaban J connectivity index is 2.12. The Morgan fingerprint density at radius 3 is 2.74 bits per heavy atom. The first-order chi connectivity index (χ1) is 9.09. The maximum Gasteiger partial charge on any atom is 0.142 e. The normalized spacial score (nSPS) is 12.4. The molecule has 2 aromatic rings. The molecule has 1 heterocycles. The van der Waals surface area contributed by atoms with E-state index in [4.69, 9.17) is 23.2 Å². The van der Waals surface area contributed by atoms with Crippen molar-refractivity contribution in [1.29, 1.82) is 0 Å². The van der Waals surface area contributed by atoms with Gasteiger partial charge in [0.1, 0.15) is 5.82 Å². The molecule has 100 valence electrons. The van der Waals surface area contributed by atoms with Gasteiger partial charge in [0.05, 0.1) is 10.7 Å². The third-order valence-electron chi connectivity index (χ3n) is 2.83. The van der Waals surface area contributed by atoms with Gasteiger partial charge >= 0.3 is 0 Å². The van der Waals surface area contributed by atoms with Crippen molar-refractivity contribution in [3.63, 3.8) is 0 Å². The second-order valence-corrected chi connectivity index (χ2v) is 4.97. The van der Waals surface area contributed by atoms with Crippen LogP contribution in [-0.4, -0.2) is 4.98 Å². The highest BCUT2D eigenvalue weighted by Gasteiger charge is 2.16. The smallest absolute Gasteiger partial charge is 0.142 e. The van der Waals surface area contributed by atoms with Crippen LogP contribution in [0.1, 0.15) is 24.2 Å². The third-order valence-corrected chi connectivity index (χ3v) is 3.54. The molecule has 0 bridgehead atoms. The molecule has 0 saturated carbocycles. The number of aromatic nitrogens is 1. The van der Waals surface area contributed by atoms with Gasteiger partial charge in [0.25, 0.3) is 0 Å². The number of nitrogens with zero attached hydrogens (tertiary/aromatic N) is 1. The molecule has 0 aliphatic carbocycles. The lowest BCUT2D eigenvalue weighted by molar-refractivity contribution is 0.560. The topological polar surface area (TPSA) is 24.9 Å². The lowest BCUT2D eigenvalue weighted by atomic mass is 10.1. The molecule has 1 N–H and O–H groups in total. The van der Waals surface area contributed by atoms with Gasteiger partial charge in [-0.05, 0) is 31.2 Å². The molecule has 0 amide bonds. The van der Waals surface area contributed by atoms with Crippen molar-refractivity contribution in [2.45, 2.75) is 19.5 Å². The van der Waals surface area contributed by atoms with Gasteiger partial charge in [-0.3, -0.25) is 4.98 Å². The second-order valence-electron chi connectivity index (χ2n) is 4.18. The average molecular weight is 299 g/mol. The van der Waals surface area contributed by atoms with E-state index in [1.165, 1.54) is 12.1 Å². The quantitative estimate of drug-likeness (QED) is 0.848. The summed E-state index contributed by atoms with van der Waals surface area (Å²) < 4.78 is 13.5. The van der Waals surface area contributed by atoms with Gasteiger partial charge in [-0.15, -0.1) is 0 Å². The molecular formula is C14H13Cl2FN2. The van der Waals surface area contributed by atoms with Crippen LogP contribution in [0, 0.1) is 5.82 Å². The summed E-state index contributed by atoms with van der Waals surface area (Å²) >= 11 is 12.0. The molecule has 1 atom stereocenters. The van der Waals surface area contributed by atoms with Crippen LogP contribution in [-0.2, 0) is 6.54 Å². The molecule has 0 saturated heterocycles. The van der Waals surface area contributed by atoms with E-state index < -0.39 is 5.82 Å². The van der Waals surface area contributed by atoms with Crippen LogP contribution in [0.5, 0.6) is 0 Å². The summed E-state index contributed by atoms with van der Waals surface area (Å²) in [4.78, 5) is 4.20. The van der Waals surface area contributed by atoms with Crippen LogP contribution in [0.2, 0.25) is 10.0 Å². The van der Waals surface area contributed by atoms with Crippen molar-refractivity contribution in [2.75, 3.05) is 0 Å². The number of pyridine rings is 1. The minimum atomic E-state index is -0.465. The summed E-state index contributed by atoms with van der Waals surface area (Å²) in [6.45, 7) is 2.45. The highest BCUT2D eigenvalue weighted by atomic mass is 35.5. The maximum atomic E-state index is 13.5. The molecule has 0 aliphatic rings. The van der Waals surface area contributed by atoms with E-state index in [0.29, 0.717) is 17.1 Å². The summed E-state index contributed by atoms with van der Waals surface area (Å²) in [7, 11) is 0. The van der Waals surface area contributed by atoms with E-state index in [-0.39, 0.29) is 11.1 Å². The van der Waals surface area contributed by atoms with E-state index in [1.807, 2.05) is 25.1 Å². The third kappa shape index (κ3) is 3.44. The van der Waals surface area contributed by atoms with Crippen molar-refractivity contribution in [1.82, 2.24) is 10.3 Å². The zero-order valence-electron chi connectivity index (χ0n) is 10.3. The summed E-state index contributed by atoms with van der Waals surface area (Å²) in [5.74, 6) is -0.465. The van der Waals surface area contributed by atoms with Gasteiger partial charge in [-0.2, -0.15) is 0 Å². The maximum absolute atomic E-state index is 13.5. The minimum Gasteiger partial charge on any atom is -0.304 e.